The third-order valence-electron chi connectivity index (χ3n) is 1.66. The predicted molar refractivity (Wildman–Crippen MR) is 53.5 cm³/mol. The summed E-state index contributed by atoms with van der Waals surface area (Å²) >= 11 is 0. The molecule has 0 saturated heterocycles. The maximum Gasteiger partial charge on any atom is 0.243 e. The molecule has 0 fully saturated rings. The Morgan fingerprint density at radius 3 is 2.86 bits per heavy atom. The minimum absolute atomic E-state index is 0.121. The molecule has 0 bridgehead atoms. The van der Waals surface area contributed by atoms with Crippen molar-refractivity contribution < 1.29 is 4.74 Å². The molecule has 5 nitrogen and oxygen atoms in total. The molecule has 0 saturated carbocycles. The zero-order valence-corrected chi connectivity index (χ0v) is 8.16. The van der Waals surface area contributed by atoms with Crippen LogP contribution in [0.15, 0.2) is 12.4 Å². The molecule has 0 radical (unpaired) electrons. The van der Waals surface area contributed by atoms with Crippen molar-refractivity contribution in [3.05, 3.63) is 18.1 Å². The highest BCUT2D eigenvalue weighted by molar-refractivity contribution is 5.94. The van der Waals surface area contributed by atoms with Crippen LogP contribution in [-0.4, -0.2) is 22.4 Å². The maximum atomic E-state index is 7.25. The first-order valence-corrected chi connectivity index (χ1v) is 4.54. The van der Waals surface area contributed by atoms with Gasteiger partial charge >= 0.3 is 0 Å². The Hall–Kier alpha value is -1.65. The molecule has 14 heavy (non-hydrogen) atoms. The molecule has 0 atom stereocenters. The molecule has 5 heteroatoms. The second-order valence-electron chi connectivity index (χ2n) is 2.83. The monoisotopic (exact) mass is 194 g/mol. The van der Waals surface area contributed by atoms with E-state index in [1.807, 2.05) is 0 Å². The number of amidine groups is 1. The third-order valence-corrected chi connectivity index (χ3v) is 1.66. The fourth-order valence-electron chi connectivity index (χ4n) is 0.929. The average Bonchev–Trinajstić information content (AvgIpc) is 2.19. The molecule has 0 amide bonds. The van der Waals surface area contributed by atoms with Gasteiger partial charge in [-0.25, -0.2) is 9.97 Å². The van der Waals surface area contributed by atoms with Gasteiger partial charge in [0.25, 0.3) is 0 Å². The van der Waals surface area contributed by atoms with E-state index in [1.165, 1.54) is 12.4 Å². The second-order valence-corrected chi connectivity index (χ2v) is 2.83. The van der Waals surface area contributed by atoms with Crippen LogP contribution in [0.3, 0.4) is 0 Å². The average molecular weight is 194 g/mol. The number of nitrogens with one attached hydrogen (secondary N) is 1. The quantitative estimate of drug-likeness (QED) is 0.415. The Morgan fingerprint density at radius 2 is 2.21 bits per heavy atom. The number of nitrogen functional groups attached to an aromatic ring is 1. The van der Waals surface area contributed by atoms with Gasteiger partial charge in [0.15, 0.2) is 5.69 Å². The lowest BCUT2D eigenvalue weighted by Gasteiger charge is -2.06. The lowest BCUT2D eigenvalue weighted by atomic mass is 10.3. The van der Waals surface area contributed by atoms with E-state index >= 15 is 0 Å². The molecule has 0 aliphatic rings. The number of nitrogens with zero attached hydrogens (tertiary/aromatic N) is 2. The van der Waals surface area contributed by atoms with Gasteiger partial charge in [0.05, 0.1) is 6.61 Å². The SMILES string of the molecule is CCCCOc1nccnc1C(=N)N. The van der Waals surface area contributed by atoms with E-state index < -0.39 is 0 Å². The molecular formula is C9H14N4O. The fourth-order valence-corrected chi connectivity index (χ4v) is 0.929. The van der Waals surface area contributed by atoms with Crippen LogP contribution >= 0.6 is 0 Å². The van der Waals surface area contributed by atoms with Crippen LogP contribution in [0.25, 0.3) is 0 Å². The molecule has 1 aromatic heterocycles. The summed E-state index contributed by atoms with van der Waals surface area (Å²) < 4.78 is 5.34. The molecule has 0 aliphatic heterocycles. The van der Waals surface area contributed by atoms with E-state index in [0.717, 1.165) is 12.8 Å². The summed E-state index contributed by atoms with van der Waals surface area (Å²) in [5.74, 6) is 0.220. The normalized spacial score (nSPS) is 9.79. The first-order valence-electron chi connectivity index (χ1n) is 4.54. The van der Waals surface area contributed by atoms with E-state index in [0.29, 0.717) is 18.2 Å². The van der Waals surface area contributed by atoms with Crippen LogP contribution < -0.4 is 10.5 Å². The molecule has 3 N–H and O–H groups in total. The van der Waals surface area contributed by atoms with E-state index in [9.17, 15) is 0 Å². The van der Waals surface area contributed by atoms with Crippen molar-refractivity contribution in [2.75, 3.05) is 6.61 Å². The van der Waals surface area contributed by atoms with Crippen LogP contribution in [0.2, 0.25) is 0 Å². The maximum absolute atomic E-state index is 7.25. The van der Waals surface area contributed by atoms with Crippen LogP contribution in [0.1, 0.15) is 25.5 Å². The highest BCUT2D eigenvalue weighted by atomic mass is 16.5. The molecule has 1 rings (SSSR count). The van der Waals surface area contributed by atoms with Crippen molar-refractivity contribution in [1.82, 2.24) is 9.97 Å². The molecule has 0 unspecified atom stereocenters. The zero-order valence-electron chi connectivity index (χ0n) is 8.16. The highest BCUT2D eigenvalue weighted by Crippen LogP contribution is 2.10. The smallest absolute Gasteiger partial charge is 0.243 e. The van der Waals surface area contributed by atoms with E-state index in [-0.39, 0.29) is 5.84 Å². The van der Waals surface area contributed by atoms with Crippen molar-refractivity contribution in [2.24, 2.45) is 5.73 Å². The Labute approximate surface area is 82.8 Å². The van der Waals surface area contributed by atoms with Gasteiger partial charge in [0.2, 0.25) is 5.88 Å². The lowest BCUT2D eigenvalue weighted by Crippen LogP contribution is -2.16. The lowest BCUT2D eigenvalue weighted by molar-refractivity contribution is 0.295. The van der Waals surface area contributed by atoms with Gasteiger partial charge in [-0.1, -0.05) is 13.3 Å². The van der Waals surface area contributed by atoms with Gasteiger partial charge in [-0.15, -0.1) is 0 Å². The van der Waals surface area contributed by atoms with Crippen molar-refractivity contribution >= 4 is 5.84 Å². The summed E-state index contributed by atoms with van der Waals surface area (Å²) in [5.41, 5.74) is 5.63. The zero-order chi connectivity index (χ0) is 10.4. The van der Waals surface area contributed by atoms with Crippen LogP contribution in [-0.2, 0) is 0 Å². The fraction of sp³-hybridized carbons (Fsp3) is 0.444. The van der Waals surface area contributed by atoms with E-state index in [4.69, 9.17) is 15.9 Å². The van der Waals surface area contributed by atoms with Gasteiger partial charge < -0.3 is 10.5 Å². The van der Waals surface area contributed by atoms with Gasteiger partial charge in [0.1, 0.15) is 5.84 Å². The van der Waals surface area contributed by atoms with Gasteiger partial charge in [-0.05, 0) is 6.42 Å². The van der Waals surface area contributed by atoms with Crippen molar-refractivity contribution in [3.63, 3.8) is 0 Å². The molecule has 0 aliphatic carbocycles. The number of nitrogens with two attached hydrogens (primary N) is 1. The summed E-state index contributed by atoms with van der Waals surface area (Å²) in [7, 11) is 0. The minimum Gasteiger partial charge on any atom is -0.476 e. The second kappa shape index (κ2) is 5.16. The number of ether oxygens (including phenoxy) is 1. The Kier molecular flexibility index (Phi) is 3.84. The van der Waals surface area contributed by atoms with Gasteiger partial charge in [-0.3, -0.25) is 5.41 Å². The third kappa shape index (κ3) is 2.69. The molecule has 0 spiro atoms. The molecule has 0 aromatic carbocycles. The summed E-state index contributed by atoms with van der Waals surface area (Å²) in [6.07, 6.45) is 5.01. The summed E-state index contributed by atoms with van der Waals surface area (Å²) in [6, 6.07) is 0. The van der Waals surface area contributed by atoms with Crippen molar-refractivity contribution in [3.8, 4) is 5.88 Å². The summed E-state index contributed by atoms with van der Waals surface area (Å²) in [4.78, 5) is 7.89. The predicted octanol–water partition coefficient (Wildman–Crippen LogP) is 0.940. The topological polar surface area (TPSA) is 84.9 Å². The first kappa shape index (κ1) is 10.4. The summed E-state index contributed by atoms with van der Waals surface area (Å²) in [6.45, 7) is 2.65. The largest absolute Gasteiger partial charge is 0.476 e. The first-order chi connectivity index (χ1) is 6.75. The van der Waals surface area contributed by atoms with Crippen LogP contribution in [0.4, 0.5) is 0 Å². The van der Waals surface area contributed by atoms with Crippen molar-refractivity contribution in [2.45, 2.75) is 19.8 Å². The van der Waals surface area contributed by atoms with Gasteiger partial charge in [-0.2, -0.15) is 0 Å². The molecular weight excluding hydrogens is 180 g/mol. The summed E-state index contributed by atoms with van der Waals surface area (Å²) in [5, 5.41) is 7.25. The Balaban J connectivity index is 2.69. The number of rotatable bonds is 5. The molecule has 1 aromatic rings. The Morgan fingerprint density at radius 1 is 1.50 bits per heavy atom. The standard InChI is InChI=1S/C9H14N4O/c1-2-3-6-14-9-7(8(10)11)12-4-5-13-9/h4-5H,2-3,6H2,1H3,(H3,10,11). The van der Waals surface area contributed by atoms with Crippen molar-refractivity contribution in [1.29, 1.82) is 5.41 Å². The number of hydrogen-bond acceptors (Lipinski definition) is 4. The molecule has 1 heterocycles. The Bertz CT molecular complexity index is 313. The highest BCUT2D eigenvalue weighted by Gasteiger charge is 2.08. The number of aromatic nitrogens is 2. The minimum atomic E-state index is -0.121. The molecule has 76 valence electrons. The van der Waals surface area contributed by atoms with Gasteiger partial charge in [0, 0.05) is 12.4 Å². The van der Waals surface area contributed by atoms with E-state index in [1.54, 1.807) is 0 Å². The number of hydrogen-bond donors (Lipinski definition) is 2. The van der Waals surface area contributed by atoms with Crippen LogP contribution in [0.5, 0.6) is 5.88 Å². The van der Waals surface area contributed by atoms with E-state index in [2.05, 4.69) is 16.9 Å². The number of unbranched alkanes of at least 4 members (excludes halogenated alkanes) is 1. The van der Waals surface area contributed by atoms with Crippen LogP contribution in [0, 0.1) is 5.41 Å².